The largest absolute Gasteiger partial charge is 0.299 e. The van der Waals surface area contributed by atoms with E-state index in [9.17, 15) is 13.2 Å². The fraction of sp³-hybridized carbons (Fsp3) is 0.400. The highest BCUT2D eigenvalue weighted by Gasteiger charge is 2.29. The van der Waals surface area contributed by atoms with Crippen LogP contribution < -0.4 is 9.62 Å². The highest BCUT2D eigenvalue weighted by Crippen LogP contribution is 2.27. The maximum Gasteiger partial charge on any atom is 0.249 e. The van der Waals surface area contributed by atoms with E-state index in [2.05, 4.69) is 22.4 Å². The second kappa shape index (κ2) is 9.03. The average molecular weight is 435 g/mol. The minimum atomic E-state index is -3.70. The maximum absolute atomic E-state index is 12.6. The molecule has 0 fully saturated rings. The van der Waals surface area contributed by atoms with Gasteiger partial charge in [-0.2, -0.15) is 0 Å². The summed E-state index contributed by atoms with van der Waals surface area (Å²) in [6.45, 7) is 3.57. The van der Waals surface area contributed by atoms with Crippen LogP contribution in [0, 0.1) is 0 Å². The standard InChI is InChI=1S/C15H19ClN4O3S3/c1-4-8-24-15-19-18-14(25-15)17-13(21)10(2)20(26(3,22)23)12-7-5-6-11(16)9-12/h5-7,9-10H,4,8H2,1-3H3,(H,17,18,21)/t10-/m1/s1. The molecule has 7 nitrogen and oxygen atoms in total. The average Bonchev–Trinajstić information content (AvgIpc) is 2.99. The van der Waals surface area contributed by atoms with Gasteiger partial charge in [-0.05, 0) is 31.5 Å². The normalized spacial score (nSPS) is 12.6. The molecule has 0 saturated heterocycles. The molecule has 0 radical (unpaired) electrons. The fourth-order valence-electron chi connectivity index (χ4n) is 2.14. The first-order valence-electron chi connectivity index (χ1n) is 7.74. The highest BCUT2D eigenvalue weighted by molar-refractivity contribution is 8.01. The Morgan fingerprint density at radius 1 is 1.42 bits per heavy atom. The van der Waals surface area contributed by atoms with Gasteiger partial charge in [0.15, 0.2) is 4.34 Å². The van der Waals surface area contributed by atoms with Gasteiger partial charge in [0.05, 0.1) is 11.9 Å². The lowest BCUT2D eigenvalue weighted by atomic mass is 10.2. The van der Waals surface area contributed by atoms with Crippen LogP contribution in [0.4, 0.5) is 10.8 Å². The number of sulfonamides is 1. The van der Waals surface area contributed by atoms with E-state index < -0.39 is 22.0 Å². The molecule has 0 unspecified atom stereocenters. The Morgan fingerprint density at radius 2 is 2.15 bits per heavy atom. The summed E-state index contributed by atoms with van der Waals surface area (Å²) in [7, 11) is -3.70. The maximum atomic E-state index is 12.6. The molecule has 1 amide bonds. The zero-order chi connectivity index (χ0) is 19.3. The molecule has 1 aromatic carbocycles. The van der Waals surface area contributed by atoms with Crippen LogP contribution in [0.25, 0.3) is 0 Å². The molecule has 0 aliphatic rings. The van der Waals surface area contributed by atoms with E-state index in [1.807, 2.05) is 0 Å². The lowest BCUT2D eigenvalue weighted by molar-refractivity contribution is -0.116. The van der Waals surface area contributed by atoms with E-state index in [1.54, 1.807) is 30.0 Å². The Morgan fingerprint density at radius 3 is 2.77 bits per heavy atom. The third-order valence-electron chi connectivity index (χ3n) is 3.22. The minimum absolute atomic E-state index is 0.319. The second-order valence-corrected chi connectivity index (χ2v) is 10.0. The number of halogens is 1. The zero-order valence-corrected chi connectivity index (χ0v) is 17.7. The molecule has 142 valence electrons. The molecule has 0 aliphatic heterocycles. The third kappa shape index (κ3) is 5.57. The number of amides is 1. The first kappa shape index (κ1) is 20.9. The zero-order valence-electron chi connectivity index (χ0n) is 14.5. The molecule has 0 aliphatic carbocycles. The molecular formula is C15H19ClN4O3S3. The summed E-state index contributed by atoms with van der Waals surface area (Å²) < 4.78 is 26.3. The van der Waals surface area contributed by atoms with Crippen LogP contribution in [0.2, 0.25) is 5.02 Å². The van der Waals surface area contributed by atoms with Crippen LogP contribution in [0.3, 0.4) is 0 Å². The van der Waals surface area contributed by atoms with E-state index in [1.165, 1.54) is 24.3 Å². The Bertz CT molecular complexity index is 873. The van der Waals surface area contributed by atoms with Crippen LogP contribution in [-0.4, -0.2) is 42.6 Å². The van der Waals surface area contributed by atoms with Crippen LogP contribution >= 0.6 is 34.7 Å². The van der Waals surface area contributed by atoms with E-state index in [0.717, 1.165) is 27.1 Å². The lowest BCUT2D eigenvalue weighted by Crippen LogP contribution is -2.45. The lowest BCUT2D eigenvalue weighted by Gasteiger charge is -2.27. The summed E-state index contributed by atoms with van der Waals surface area (Å²) in [5, 5.41) is 11.3. The first-order chi connectivity index (χ1) is 12.2. The van der Waals surface area contributed by atoms with Crippen molar-refractivity contribution in [3.63, 3.8) is 0 Å². The SMILES string of the molecule is CCCSc1nnc(NC(=O)[C@@H](C)N(c2cccc(Cl)c2)S(C)(=O)=O)s1. The van der Waals surface area contributed by atoms with Crippen LogP contribution in [0.15, 0.2) is 28.6 Å². The molecule has 1 heterocycles. The van der Waals surface area contributed by atoms with Gasteiger partial charge in [-0.1, -0.05) is 47.7 Å². The number of carbonyl (C=O) groups excluding carboxylic acids is 1. The van der Waals surface area contributed by atoms with Gasteiger partial charge >= 0.3 is 0 Å². The van der Waals surface area contributed by atoms with Gasteiger partial charge < -0.3 is 0 Å². The van der Waals surface area contributed by atoms with E-state index >= 15 is 0 Å². The number of thioether (sulfide) groups is 1. The van der Waals surface area contributed by atoms with Crippen molar-refractivity contribution in [2.75, 3.05) is 21.6 Å². The number of hydrogen-bond acceptors (Lipinski definition) is 7. The Kier molecular flexibility index (Phi) is 7.27. The summed E-state index contributed by atoms with van der Waals surface area (Å²) in [6.07, 6.45) is 2.05. The summed E-state index contributed by atoms with van der Waals surface area (Å²) in [4.78, 5) is 12.6. The van der Waals surface area contributed by atoms with Crippen molar-refractivity contribution in [3.8, 4) is 0 Å². The fourth-order valence-corrected chi connectivity index (χ4v) is 5.17. The van der Waals surface area contributed by atoms with E-state index in [-0.39, 0.29) is 0 Å². The summed E-state index contributed by atoms with van der Waals surface area (Å²) in [6, 6.07) is 5.35. The van der Waals surface area contributed by atoms with Crippen molar-refractivity contribution in [2.24, 2.45) is 0 Å². The summed E-state index contributed by atoms with van der Waals surface area (Å²) >= 11 is 8.77. The molecule has 2 rings (SSSR count). The van der Waals surface area contributed by atoms with E-state index in [0.29, 0.717) is 15.8 Å². The number of aromatic nitrogens is 2. The number of rotatable bonds is 8. The van der Waals surface area contributed by atoms with Crippen molar-refractivity contribution in [2.45, 2.75) is 30.6 Å². The molecule has 0 spiro atoms. The second-order valence-electron chi connectivity index (χ2n) is 5.43. The quantitative estimate of drug-likeness (QED) is 0.505. The van der Waals surface area contributed by atoms with Crippen LogP contribution in [0.5, 0.6) is 0 Å². The number of nitrogens with one attached hydrogen (secondary N) is 1. The Labute approximate surface area is 166 Å². The summed E-state index contributed by atoms with van der Waals surface area (Å²) in [5.41, 5.74) is 0.319. The predicted molar refractivity (Wildman–Crippen MR) is 108 cm³/mol. The first-order valence-corrected chi connectivity index (χ1v) is 11.8. The van der Waals surface area contributed by atoms with Crippen molar-refractivity contribution < 1.29 is 13.2 Å². The molecule has 1 N–H and O–H groups in total. The third-order valence-corrected chi connectivity index (χ3v) is 6.87. The van der Waals surface area contributed by atoms with Gasteiger partial charge in [-0.15, -0.1) is 10.2 Å². The molecule has 0 saturated carbocycles. The van der Waals surface area contributed by atoms with Crippen molar-refractivity contribution in [1.29, 1.82) is 0 Å². The molecule has 0 bridgehead atoms. The molecule has 1 aromatic heterocycles. The van der Waals surface area contributed by atoms with Crippen molar-refractivity contribution in [3.05, 3.63) is 29.3 Å². The van der Waals surface area contributed by atoms with Crippen molar-refractivity contribution >= 4 is 61.4 Å². The molecule has 11 heteroatoms. The van der Waals surface area contributed by atoms with Gasteiger partial charge in [0.25, 0.3) is 0 Å². The van der Waals surface area contributed by atoms with Gasteiger partial charge in [-0.25, -0.2) is 8.42 Å². The van der Waals surface area contributed by atoms with Gasteiger partial charge in [0.1, 0.15) is 6.04 Å². The smallest absolute Gasteiger partial charge is 0.249 e. The summed E-state index contributed by atoms with van der Waals surface area (Å²) in [5.74, 6) is 0.411. The minimum Gasteiger partial charge on any atom is -0.299 e. The Hall–Kier alpha value is -1.36. The molecule has 1 atom stereocenters. The number of nitrogens with zero attached hydrogens (tertiary/aromatic N) is 3. The van der Waals surface area contributed by atoms with Crippen LogP contribution in [-0.2, 0) is 14.8 Å². The monoisotopic (exact) mass is 434 g/mol. The van der Waals surface area contributed by atoms with Crippen LogP contribution in [0.1, 0.15) is 20.3 Å². The van der Waals surface area contributed by atoms with E-state index in [4.69, 9.17) is 11.6 Å². The predicted octanol–water partition coefficient (Wildman–Crippen LogP) is 3.49. The molecule has 2 aromatic rings. The topological polar surface area (TPSA) is 92.3 Å². The Balaban J connectivity index is 2.19. The van der Waals surface area contributed by atoms with Crippen molar-refractivity contribution in [1.82, 2.24) is 10.2 Å². The number of benzene rings is 1. The van der Waals surface area contributed by atoms with Gasteiger partial charge in [0.2, 0.25) is 21.1 Å². The highest BCUT2D eigenvalue weighted by atomic mass is 35.5. The number of anilines is 2. The number of carbonyl (C=O) groups is 1. The molecular weight excluding hydrogens is 416 g/mol. The van der Waals surface area contributed by atoms with Gasteiger partial charge in [0, 0.05) is 10.8 Å². The number of hydrogen-bond donors (Lipinski definition) is 1. The molecule has 26 heavy (non-hydrogen) atoms. The van der Waals surface area contributed by atoms with Gasteiger partial charge in [-0.3, -0.25) is 14.4 Å².